The van der Waals surface area contributed by atoms with E-state index < -0.39 is 10.0 Å². The number of nitrogens with one attached hydrogen (secondary N) is 1. The van der Waals surface area contributed by atoms with Gasteiger partial charge in [-0.2, -0.15) is 0 Å². The van der Waals surface area contributed by atoms with Crippen molar-refractivity contribution in [1.29, 1.82) is 0 Å². The molecule has 1 aliphatic carbocycles. The van der Waals surface area contributed by atoms with Crippen molar-refractivity contribution in [3.63, 3.8) is 0 Å². The highest BCUT2D eigenvalue weighted by molar-refractivity contribution is 7.89. The minimum atomic E-state index is -3.70. The van der Waals surface area contributed by atoms with Crippen molar-refractivity contribution in [2.24, 2.45) is 5.92 Å². The summed E-state index contributed by atoms with van der Waals surface area (Å²) in [7, 11) is -3.70. The van der Waals surface area contributed by atoms with Gasteiger partial charge < -0.3 is 5.11 Å². The van der Waals surface area contributed by atoms with E-state index in [1.807, 2.05) is 0 Å². The van der Waals surface area contributed by atoms with Crippen LogP contribution in [0.5, 0.6) is 0 Å². The first-order valence-electron chi connectivity index (χ1n) is 6.52. The zero-order valence-corrected chi connectivity index (χ0v) is 13.2. The highest BCUT2D eigenvalue weighted by Crippen LogP contribution is 2.33. The van der Waals surface area contributed by atoms with E-state index in [1.165, 1.54) is 25.0 Å². The Balaban J connectivity index is 2.09. The van der Waals surface area contributed by atoms with Crippen LogP contribution >= 0.6 is 23.2 Å². The topological polar surface area (TPSA) is 66.4 Å². The third kappa shape index (κ3) is 4.09. The van der Waals surface area contributed by atoms with Crippen LogP contribution in [0, 0.1) is 5.92 Å². The van der Waals surface area contributed by atoms with Crippen LogP contribution in [0.15, 0.2) is 17.0 Å². The number of benzene rings is 1. The standard InChI is InChI=1S/C13H17Cl2NO3S/c14-11-6-10(8-17)13(15)12(7-11)20(18,19)16-5-1-2-9-3-4-9/h6-7,9,16-17H,1-5,8H2. The normalized spacial score (nSPS) is 15.6. The summed E-state index contributed by atoms with van der Waals surface area (Å²) in [5.74, 6) is 0.773. The Morgan fingerprint density at radius 1 is 1.30 bits per heavy atom. The van der Waals surface area contributed by atoms with Crippen LogP contribution in [0.1, 0.15) is 31.2 Å². The molecule has 0 atom stereocenters. The molecule has 0 amide bonds. The number of rotatable bonds is 7. The van der Waals surface area contributed by atoms with E-state index in [9.17, 15) is 8.42 Å². The monoisotopic (exact) mass is 337 g/mol. The van der Waals surface area contributed by atoms with E-state index in [1.54, 1.807) is 0 Å². The quantitative estimate of drug-likeness (QED) is 0.751. The smallest absolute Gasteiger partial charge is 0.242 e. The van der Waals surface area contributed by atoms with Crippen LogP contribution in [-0.4, -0.2) is 20.1 Å². The van der Waals surface area contributed by atoms with E-state index in [4.69, 9.17) is 28.3 Å². The van der Waals surface area contributed by atoms with Gasteiger partial charge in [-0.05, 0) is 36.5 Å². The van der Waals surface area contributed by atoms with E-state index in [0.29, 0.717) is 12.1 Å². The molecule has 0 unspecified atom stereocenters. The predicted octanol–water partition coefficient (Wildman–Crippen LogP) is 2.95. The molecule has 20 heavy (non-hydrogen) atoms. The summed E-state index contributed by atoms with van der Waals surface area (Å²) in [6, 6.07) is 2.75. The maximum Gasteiger partial charge on any atom is 0.242 e. The highest BCUT2D eigenvalue weighted by atomic mass is 35.5. The van der Waals surface area contributed by atoms with Crippen molar-refractivity contribution in [1.82, 2.24) is 4.72 Å². The molecule has 1 fully saturated rings. The summed E-state index contributed by atoms with van der Waals surface area (Å²) in [6.07, 6.45) is 4.38. The number of aliphatic hydroxyl groups excluding tert-OH is 1. The molecule has 2 N–H and O–H groups in total. The van der Waals surface area contributed by atoms with Crippen LogP contribution in [0.3, 0.4) is 0 Å². The highest BCUT2D eigenvalue weighted by Gasteiger charge is 2.22. The van der Waals surface area contributed by atoms with Gasteiger partial charge in [-0.15, -0.1) is 0 Å². The van der Waals surface area contributed by atoms with Gasteiger partial charge in [-0.1, -0.05) is 36.0 Å². The lowest BCUT2D eigenvalue weighted by atomic mass is 10.2. The van der Waals surface area contributed by atoms with Gasteiger partial charge in [0.2, 0.25) is 10.0 Å². The Morgan fingerprint density at radius 3 is 2.60 bits per heavy atom. The molecule has 1 aromatic rings. The molecule has 2 rings (SSSR count). The second-order valence-corrected chi connectivity index (χ2v) is 7.57. The predicted molar refractivity (Wildman–Crippen MR) is 79.5 cm³/mol. The third-order valence-corrected chi connectivity index (χ3v) is 5.58. The van der Waals surface area contributed by atoms with Crippen molar-refractivity contribution in [3.8, 4) is 0 Å². The number of sulfonamides is 1. The summed E-state index contributed by atoms with van der Waals surface area (Å²) >= 11 is 11.9. The van der Waals surface area contributed by atoms with Crippen molar-refractivity contribution < 1.29 is 13.5 Å². The molecular formula is C13H17Cl2NO3S. The Bertz CT molecular complexity index is 586. The zero-order chi connectivity index (χ0) is 14.8. The number of hydrogen-bond acceptors (Lipinski definition) is 3. The molecule has 0 aromatic heterocycles. The SMILES string of the molecule is O=S(=O)(NCCCC1CC1)c1cc(Cl)cc(CO)c1Cl. The van der Waals surface area contributed by atoms with Crippen LogP contribution in [0.25, 0.3) is 0 Å². The van der Waals surface area contributed by atoms with Gasteiger partial charge >= 0.3 is 0 Å². The van der Waals surface area contributed by atoms with Crippen LogP contribution in [0.2, 0.25) is 10.0 Å². The van der Waals surface area contributed by atoms with Gasteiger partial charge in [0.05, 0.1) is 11.6 Å². The largest absolute Gasteiger partial charge is 0.392 e. The molecule has 1 saturated carbocycles. The second-order valence-electron chi connectivity index (χ2n) is 5.02. The van der Waals surface area contributed by atoms with Gasteiger partial charge in [0.15, 0.2) is 0 Å². The summed E-state index contributed by atoms with van der Waals surface area (Å²) in [5.41, 5.74) is 0.303. The van der Waals surface area contributed by atoms with Gasteiger partial charge in [0.1, 0.15) is 4.90 Å². The fourth-order valence-electron chi connectivity index (χ4n) is 2.01. The Hall–Kier alpha value is -0.330. The number of aliphatic hydroxyl groups is 1. The Kier molecular flexibility index (Phi) is 5.31. The molecule has 0 radical (unpaired) electrons. The van der Waals surface area contributed by atoms with E-state index in [2.05, 4.69) is 4.72 Å². The van der Waals surface area contributed by atoms with Gasteiger partial charge in [0, 0.05) is 11.6 Å². The fraction of sp³-hybridized carbons (Fsp3) is 0.538. The second kappa shape index (κ2) is 6.62. The summed E-state index contributed by atoms with van der Waals surface area (Å²) < 4.78 is 26.9. The van der Waals surface area contributed by atoms with Gasteiger partial charge in [0.25, 0.3) is 0 Å². The fourth-order valence-corrected chi connectivity index (χ4v) is 4.01. The molecule has 7 heteroatoms. The van der Waals surface area contributed by atoms with Crippen LogP contribution in [0.4, 0.5) is 0 Å². The molecule has 0 saturated heterocycles. The number of halogens is 2. The molecule has 1 aromatic carbocycles. The van der Waals surface area contributed by atoms with Crippen LogP contribution < -0.4 is 4.72 Å². The number of hydrogen-bond donors (Lipinski definition) is 2. The lowest BCUT2D eigenvalue weighted by Gasteiger charge is -2.11. The van der Waals surface area contributed by atoms with Crippen molar-refractivity contribution in [2.45, 2.75) is 37.2 Å². The average molecular weight is 338 g/mol. The summed E-state index contributed by atoms with van der Waals surface area (Å²) in [4.78, 5) is -0.0814. The minimum Gasteiger partial charge on any atom is -0.392 e. The van der Waals surface area contributed by atoms with Crippen molar-refractivity contribution >= 4 is 33.2 Å². The molecule has 4 nitrogen and oxygen atoms in total. The molecule has 0 bridgehead atoms. The first-order valence-corrected chi connectivity index (χ1v) is 8.76. The maximum absolute atomic E-state index is 12.2. The van der Waals surface area contributed by atoms with Gasteiger partial charge in [-0.25, -0.2) is 13.1 Å². The summed E-state index contributed by atoms with van der Waals surface area (Å²) in [5, 5.41) is 9.41. The molecule has 1 aliphatic rings. The molecule has 0 heterocycles. The van der Waals surface area contributed by atoms with Crippen molar-refractivity contribution in [2.75, 3.05) is 6.54 Å². The van der Waals surface area contributed by atoms with E-state index >= 15 is 0 Å². The van der Waals surface area contributed by atoms with E-state index in [0.717, 1.165) is 18.8 Å². The first kappa shape index (κ1) is 16.0. The molecular weight excluding hydrogens is 321 g/mol. The third-order valence-electron chi connectivity index (χ3n) is 3.32. The van der Waals surface area contributed by atoms with Gasteiger partial charge in [-0.3, -0.25) is 0 Å². The zero-order valence-electron chi connectivity index (χ0n) is 10.9. The first-order chi connectivity index (χ1) is 9.44. The van der Waals surface area contributed by atoms with Crippen LogP contribution in [-0.2, 0) is 16.6 Å². The van der Waals surface area contributed by atoms with Crippen molar-refractivity contribution in [3.05, 3.63) is 27.7 Å². The Morgan fingerprint density at radius 2 is 2.00 bits per heavy atom. The van der Waals surface area contributed by atoms with E-state index in [-0.39, 0.29) is 21.5 Å². The Labute approximate surface area is 129 Å². The minimum absolute atomic E-state index is 0.0200. The molecule has 0 spiro atoms. The lowest BCUT2D eigenvalue weighted by molar-refractivity contribution is 0.281. The maximum atomic E-state index is 12.2. The molecule has 112 valence electrons. The average Bonchev–Trinajstić information content (AvgIpc) is 3.21. The molecule has 0 aliphatic heterocycles. The lowest BCUT2D eigenvalue weighted by Crippen LogP contribution is -2.25. The summed E-state index contributed by atoms with van der Waals surface area (Å²) in [6.45, 7) is 0.0275.